The predicted octanol–water partition coefficient (Wildman–Crippen LogP) is 2.21. The van der Waals surface area contributed by atoms with Crippen molar-refractivity contribution in [1.82, 2.24) is 30.5 Å². The fourth-order valence-corrected chi connectivity index (χ4v) is 5.06. The molecule has 0 saturated carbocycles. The van der Waals surface area contributed by atoms with Crippen LogP contribution in [0.5, 0.6) is 0 Å². The summed E-state index contributed by atoms with van der Waals surface area (Å²) in [6.45, 7) is 11.7. The fraction of sp³-hybridized carbons (Fsp3) is 0.600. The molecule has 3 saturated heterocycles. The van der Waals surface area contributed by atoms with Crippen molar-refractivity contribution in [3.8, 4) is 11.3 Å². The van der Waals surface area contributed by atoms with Gasteiger partial charge in [0.25, 0.3) is 0 Å². The summed E-state index contributed by atoms with van der Waals surface area (Å²) in [5.41, 5.74) is 3.40. The molecule has 1 aromatic heterocycles. The molecule has 1 unspecified atom stereocenters. The Morgan fingerprint density at radius 2 is 1.85 bits per heavy atom. The number of nitrogens with one attached hydrogen (secondary N) is 2. The van der Waals surface area contributed by atoms with Gasteiger partial charge in [0.1, 0.15) is 5.69 Å². The largest absolute Gasteiger partial charge is 0.355 e. The monoisotopic (exact) mass is 452 g/mol. The van der Waals surface area contributed by atoms with Gasteiger partial charge in [-0.1, -0.05) is 50.3 Å². The molecule has 3 fully saturated rings. The summed E-state index contributed by atoms with van der Waals surface area (Å²) < 4.78 is 1.95. The van der Waals surface area contributed by atoms with Crippen LogP contribution in [0.25, 0.3) is 11.3 Å². The van der Waals surface area contributed by atoms with Crippen LogP contribution in [0.4, 0.5) is 0 Å². The molecule has 5 rings (SSSR count). The van der Waals surface area contributed by atoms with E-state index in [1.54, 1.807) is 0 Å². The molecule has 0 radical (unpaired) electrons. The standard InChI is InChI=1S/C25H36N6O2/c1-17(32)26-10-11-27-24(33)22-15-30-12-9-19(22)13-21(30)14-31-16-23(28-29-31)18-5-7-20(8-6-18)25(2,3)4/h5-8,16,19,21-22H,9-15H2,1-4H3,(H,26,32)(H,27,33)/t19-,21-,22-/m1/s1. The van der Waals surface area contributed by atoms with Crippen LogP contribution in [0.2, 0.25) is 0 Å². The summed E-state index contributed by atoms with van der Waals surface area (Å²) in [6, 6.07) is 8.96. The molecule has 2 N–H and O–H groups in total. The SMILES string of the molecule is CC(=O)NCCNC(=O)[C@@H]1CN2CC[C@@H]1C[C@@H]2Cn1cc(-c2ccc(C(C)(C)C)cc2)nn1. The Morgan fingerprint density at radius 3 is 2.48 bits per heavy atom. The van der Waals surface area contributed by atoms with Gasteiger partial charge < -0.3 is 10.6 Å². The van der Waals surface area contributed by atoms with Gasteiger partial charge in [-0.2, -0.15) is 0 Å². The summed E-state index contributed by atoms with van der Waals surface area (Å²) >= 11 is 0. The van der Waals surface area contributed by atoms with Gasteiger partial charge in [-0.15, -0.1) is 5.10 Å². The highest BCUT2D eigenvalue weighted by molar-refractivity contribution is 5.79. The molecule has 1 aromatic carbocycles. The van der Waals surface area contributed by atoms with E-state index in [0.29, 0.717) is 25.0 Å². The Bertz CT molecular complexity index is 978. The van der Waals surface area contributed by atoms with Crippen LogP contribution in [0.15, 0.2) is 30.5 Å². The van der Waals surface area contributed by atoms with E-state index in [2.05, 4.69) is 70.9 Å². The summed E-state index contributed by atoms with van der Waals surface area (Å²) in [7, 11) is 0. The van der Waals surface area contributed by atoms with Crippen molar-refractivity contribution in [3.05, 3.63) is 36.0 Å². The Balaban J connectivity index is 1.32. The third-order valence-corrected chi connectivity index (χ3v) is 7.00. The molecule has 4 atom stereocenters. The zero-order valence-corrected chi connectivity index (χ0v) is 20.2. The van der Waals surface area contributed by atoms with Gasteiger partial charge in [0, 0.05) is 38.2 Å². The van der Waals surface area contributed by atoms with Gasteiger partial charge in [0.05, 0.1) is 18.7 Å². The second-order valence-electron chi connectivity index (χ2n) is 10.5. The molecule has 0 aliphatic carbocycles. The van der Waals surface area contributed by atoms with Crippen LogP contribution in [-0.2, 0) is 21.5 Å². The maximum atomic E-state index is 12.7. The van der Waals surface area contributed by atoms with E-state index in [0.717, 1.165) is 43.7 Å². The number of amides is 2. The summed E-state index contributed by atoms with van der Waals surface area (Å²) in [5.74, 6) is 0.456. The number of rotatable bonds is 7. The number of carbonyl (C=O) groups excluding carboxylic acids is 2. The number of carbonyl (C=O) groups is 2. The number of benzene rings is 1. The van der Waals surface area contributed by atoms with E-state index >= 15 is 0 Å². The highest BCUT2D eigenvalue weighted by Gasteiger charge is 2.43. The molecule has 3 aliphatic heterocycles. The Labute approximate surface area is 196 Å². The number of hydrogen-bond acceptors (Lipinski definition) is 5. The molecule has 2 amide bonds. The minimum Gasteiger partial charge on any atom is -0.355 e. The third kappa shape index (κ3) is 5.61. The lowest BCUT2D eigenvalue weighted by Crippen LogP contribution is -2.58. The lowest BCUT2D eigenvalue weighted by atomic mass is 9.75. The van der Waals surface area contributed by atoms with Crippen molar-refractivity contribution in [2.24, 2.45) is 11.8 Å². The lowest BCUT2D eigenvalue weighted by molar-refractivity contribution is -0.133. The highest BCUT2D eigenvalue weighted by atomic mass is 16.2. The minimum absolute atomic E-state index is 0.0277. The number of fused-ring (bicyclic) bond motifs is 3. The predicted molar refractivity (Wildman–Crippen MR) is 127 cm³/mol. The van der Waals surface area contributed by atoms with E-state index in [1.165, 1.54) is 12.5 Å². The van der Waals surface area contributed by atoms with Crippen LogP contribution in [-0.4, -0.2) is 63.9 Å². The van der Waals surface area contributed by atoms with Crippen LogP contribution < -0.4 is 10.6 Å². The van der Waals surface area contributed by atoms with E-state index in [9.17, 15) is 9.59 Å². The van der Waals surface area contributed by atoms with E-state index in [1.807, 2.05) is 10.9 Å². The lowest BCUT2D eigenvalue weighted by Gasteiger charge is -2.49. The summed E-state index contributed by atoms with van der Waals surface area (Å²) in [4.78, 5) is 26.1. The van der Waals surface area contributed by atoms with Crippen molar-refractivity contribution < 1.29 is 9.59 Å². The zero-order valence-electron chi connectivity index (χ0n) is 20.2. The molecule has 8 nitrogen and oxygen atoms in total. The Kier molecular flexibility index (Phi) is 6.83. The van der Waals surface area contributed by atoms with Crippen LogP contribution >= 0.6 is 0 Å². The minimum atomic E-state index is -0.0758. The first-order valence-electron chi connectivity index (χ1n) is 12.0. The average molecular weight is 453 g/mol. The van der Waals surface area contributed by atoms with E-state index in [4.69, 9.17) is 0 Å². The molecule has 3 aliphatic rings. The smallest absolute Gasteiger partial charge is 0.224 e. The normalized spacial score (nSPS) is 24.5. The van der Waals surface area contributed by atoms with Gasteiger partial charge >= 0.3 is 0 Å². The molecule has 33 heavy (non-hydrogen) atoms. The fourth-order valence-electron chi connectivity index (χ4n) is 5.06. The van der Waals surface area contributed by atoms with Crippen molar-refractivity contribution in [1.29, 1.82) is 0 Å². The van der Waals surface area contributed by atoms with Crippen molar-refractivity contribution >= 4 is 11.8 Å². The number of hydrogen-bond donors (Lipinski definition) is 2. The van der Waals surface area contributed by atoms with Gasteiger partial charge in [-0.25, -0.2) is 0 Å². The first-order valence-corrected chi connectivity index (χ1v) is 12.0. The van der Waals surface area contributed by atoms with Crippen molar-refractivity contribution in [3.63, 3.8) is 0 Å². The van der Waals surface area contributed by atoms with Crippen molar-refractivity contribution in [2.45, 2.75) is 58.5 Å². The summed E-state index contributed by atoms with van der Waals surface area (Å²) in [5, 5.41) is 14.5. The second kappa shape index (κ2) is 9.63. The third-order valence-electron chi connectivity index (χ3n) is 7.00. The molecule has 178 valence electrons. The first kappa shape index (κ1) is 23.4. The number of aromatic nitrogens is 3. The van der Waals surface area contributed by atoms with Crippen LogP contribution in [0, 0.1) is 11.8 Å². The zero-order chi connectivity index (χ0) is 23.6. The first-order chi connectivity index (χ1) is 15.7. The molecular formula is C25H36N6O2. The Morgan fingerprint density at radius 1 is 1.12 bits per heavy atom. The molecule has 2 aromatic rings. The van der Waals surface area contributed by atoms with Gasteiger partial charge in [-0.05, 0) is 36.3 Å². The van der Waals surface area contributed by atoms with E-state index < -0.39 is 0 Å². The molecule has 4 heterocycles. The maximum absolute atomic E-state index is 12.7. The van der Waals surface area contributed by atoms with E-state index in [-0.39, 0.29) is 23.1 Å². The highest BCUT2D eigenvalue weighted by Crippen LogP contribution is 2.37. The van der Waals surface area contributed by atoms with Gasteiger partial charge in [0.15, 0.2) is 0 Å². The molecule has 2 bridgehead atoms. The van der Waals surface area contributed by atoms with Gasteiger partial charge in [0.2, 0.25) is 11.8 Å². The topological polar surface area (TPSA) is 92.2 Å². The van der Waals surface area contributed by atoms with Crippen LogP contribution in [0.1, 0.15) is 46.1 Å². The molecule has 0 spiro atoms. The maximum Gasteiger partial charge on any atom is 0.224 e. The summed E-state index contributed by atoms with van der Waals surface area (Å²) in [6.07, 6.45) is 4.09. The van der Waals surface area contributed by atoms with Crippen LogP contribution in [0.3, 0.4) is 0 Å². The molecular weight excluding hydrogens is 416 g/mol. The van der Waals surface area contributed by atoms with Crippen molar-refractivity contribution in [2.75, 3.05) is 26.2 Å². The average Bonchev–Trinajstić information content (AvgIpc) is 3.25. The van der Waals surface area contributed by atoms with Gasteiger partial charge in [-0.3, -0.25) is 19.2 Å². The quantitative estimate of drug-likeness (QED) is 0.629. The number of piperidine rings is 3. The Hall–Kier alpha value is -2.74. The molecule has 8 heteroatoms. The number of nitrogens with zero attached hydrogens (tertiary/aromatic N) is 4. The second-order valence-corrected chi connectivity index (χ2v) is 10.5.